The van der Waals surface area contributed by atoms with E-state index < -0.39 is 30.3 Å². The van der Waals surface area contributed by atoms with E-state index in [0.29, 0.717) is 5.56 Å². The number of hydrogen-bond donors (Lipinski definition) is 0. The standard InChI is InChI=1S/C13H11F5O3/c1-21-11(20)9-5-2-8(3-6-9)4-7-10(19)12(14,15)13(16,17)18/h2-3,5-6H,4,7H2,1H3. The van der Waals surface area contributed by atoms with Crippen molar-refractivity contribution in [2.45, 2.75) is 24.9 Å². The number of ketones is 1. The highest BCUT2D eigenvalue weighted by Gasteiger charge is 2.62. The lowest BCUT2D eigenvalue weighted by Gasteiger charge is -2.17. The summed E-state index contributed by atoms with van der Waals surface area (Å²) < 4.78 is 65.8. The van der Waals surface area contributed by atoms with Gasteiger partial charge in [-0.1, -0.05) is 12.1 Å². The molecule has 1 aromatic rings. The normalized spacial score (nSPS) is 12.1. The van der Waals surface area contributed by atoms with Gasteiger partial charge in [-0.3, -0.25) is 4.79 Å². The fraction of sp³-hybridized carbons (Fsp3) is 0.385. The van der Waals surface area contributed by atoms with Gasteiger partial charge in [-0.25, -0.2) is 4.79 Å². The molecule has 8 heteroatoms. The van der Waals surface area contributed by atoms with Crippen LogP contribution in [0, 0.1) is 0 Å². The Bertz CT molecular complexity index is 520. The van der Waals surface area contributed by atoms with Gasteiger partial charge in [-0.05, 0) is 24.1 Å². The van der Waals surface area contributed by atoms with Crippen molar-refractivity contribution in [3.05, 3.63) is 35.4 Å². The van der Waals surface area contributed by atoms with Gasteiger partial charge in [0.1, 0.15) is 0 Å². The van der Waals surface area contributed by atoms with Crippen LogP contribution in [0.5, 0.6) is 0 Å². The zero-order valence-electron chi connectivity index (χ0n) is 10.8. The first-order chi connectivity index (χ1) is 9.59. The zero-order chi connectivity index (χ0) is 16.3. The second-order valence-corrected chi connectivity index (χ2v) is 4.18. The average molecular weight is 310 g/mol. The van der Waals surface area contributed by atoms with Crippen LogP contribution in [-0.2, 0) is 16.0 Å². The molecule has 0 aliphatic heterocycles. The molecule has 0 unspecified atom stereocenters. The average Bonchev–Trinajstić information content (AvgIpc) is 2.43. The predicted molar refractivity (Wildman–Crippen MR) is 62.1 cm³/mol. The number of hydrogen-bond acceptors (Lipinski definition) is 3. The van der Waals surface area contributed by atoms with E-state index in [2.05, 4.69) is 4.74 Å². The summed E-state index contributed by atoms with van der Waals surface area (Å²) in [5.74, 6) is -8.15. The van der Waals surface area contributed by atoms with Crippen LogP contribution in [0.4, 0.5) is 22.0 Å². The molecule has 0 saturated carbocycles. The Kier molecular flexibility index (Phi) is 5.03. The van der Waals surface area contributed by atoms with Gasteiger partial charge in [0, 0.05) is 6.42 Å². The van der Waals surface area contributed by atoms with E-state index in [9.17, 15) is 31.5 Å². The predicted octanol–water partition coefficient (Wildman–Crippen LogP) is 3.17. The van der Waals surface area contributed by atoms with Crippen LogP contribution in [-0.4, -0.2) is 31.0 Å². The molecule has 0 saturated heterocycles. The van der Waals surface area contributed by atoms with E-state index in [1.165, 1.54) is 31.4 Å². The molecule has 0 fully saturated rings. The molecular formula is C13H11F5O3. The van der Waals surface area contributed by atoms with Crippen molar-refractivity contribution < 1.29 is 36.3 Å². The van der Waals surface area contributed by atoms with E-state index >= 15 is 0 Å². The monoisotopic (exact) mass is 310 g/mol. The number of carbonyl (C=O) groups is 2. The fourth-order valence-electron chi connectivity index (χ4n) is 1.50. The Balaban J connectivity index is 2.68. The van der Waals surface area contributed by atoms with Gasteiger partial charge in [-0.15, -0.1) is 0 Å². The number of benzene rings is 1. The summed E-state index contributed by atoms with van der Waals surface area (Å²) >= 11 is 0. The summed E-state index contributed by atoms with van der Waals surface area (Å²) in [6.07, 6.45) is -7.13. The number of methoxy groups -OCH3 is 1. The molecule has 0 radical (unpaired) electrons. The lowest BCUT2D eigenvalue weighted by molar-refractivity contribution is -0.268. The molecule has 0 amide bonds. The van der Waals surface area contributed by atoms with Crippen molar-refractivity contribution in [3.8, 4) is 0 Å². The SMILES string of the molecule is COC(=O)c1ccc(CCC(=O)C(F)(F)C(F)(F)F)cc1. The Morgan fingerprint density at radius 1 is 1.05 bits per heavy atom. The third kappa shape index (κ3) is 3.99. The number of Topliss-reactive ketones (excluding diaryl/α,β-unsaturated/α-hetero) is 1. The van der Waals surface area contributed by atoms with Crippen LogP contribution in [0.15, 0.2) is 24.3 Å². The van der Waals surface area contributed by atoms with E-state index in [1.807, 2.05) is 0 Å². The third-order valence-electron chi connectivity index (χ3n) is 2.72. The van der Waals surface area contributed by atoms with Crippen molar-refractivity contribution in [2.24, 2.45) is 0 Å². The second kappa shape index (κ2) is 6.19. The Morgan fingerprint density at radius 3 is 2.00 bits per heavy atom. The van der Waals surface area contributed by atoms with Gasteiger partial charge < -0.3 is 4.74 Å². The lowest BCUT2D eigenvalue weighted by Crippen LogP contribution is -2.44. The summed E-state index contributed by atoms with van der Waals surface area (Å²) in [4.78, 5) is 22.1. The molecule has 21 heavy (non-hydrogen) atoms. The van der Waals surface area contributed by atoms with Crippen LogP contribution < -0.4 is 0 Å². The van der Waals surface area contributed by atoms with Crippen molar-refractivity contribution in [3.63, 3.8) is 0 Å². The number of esters is 1. The van der Waals surface area contributed by atoms with Crippen molar-refractivity contribution in [1.82, 2.24) is 0 Å². The lowest BCUT2D eigenvalue weighted by atomic mass is 10.0. The first-order valence-corrected chi connectivity index (χ1v) is 5.74. The molecule has 1 aromatic carbocycles. The Labute approximate surface area is 116 Å². The maximum absolute atomic E-state index is 12.7. The van der Waals surface area contributed by atoms with Crippen LogP contribution in [0.25, 0.3) is 0 Å². The highest BCUT2D eigenvalue weighted by Crippen LogP contribution is 2.37. The maximum atomic E-state index is 12.7. The first kappa shape index (κ1) is 17.1. The minimum atomic E-state index is -5.89. The van der Waals surface area contributed by atoms with Gasteiger partial charge in [0.05, 0.1) is 12.7 Å². The Morgan fingerprint density at radius 2 is 1.57 bits per heavy atom. The second-order valence-electron chi connectivity index (χ2n) is 4.18. The summed E-state index contributed by atoms with van der Waals surface area (Å²) in [6, 6.07) is 5.36. The molecule has 0 spiro atoms. The number of halogens is 5. The molecule has 0 bridgehead atoms. The van der Waals surface area contributed by atoms with E-state index in [4.69, 9.17) is 0 Å². The highest BCUT2D eigenvalue weighted by atomic mass is 19.4. The van der Waals surface area contributed by atoms with Gasteiger partial charge >= 0.3 is 18.1 Å². The number of aryl methyl sites for hydroxylation is 1. The number of carbonyl (C=O) groups excluding carboxylic acids is 2. The minimum absolute atomic E-state index is 0.202. The molecule has 0 atom stereocenters. The van der Waals surface area contributed by atoms with Crippen LogP contribution in [0.2, 0.25) is 0 Å². The molecule has 0 N–H and O–H groups in total. The van der Waals surface area contributed by atoms with Gasteiger partial charge in [-0.2, -0.15) is 22.0 Å². The Hall–Kier alpha value is -1.99. The number of alkyl halides is 5. The highest BCUT2D eigenvalue weighted by molar-refractivity contribution is 5.89. The summed E-state index contributed by atoms with van der Waals surface area (Å²) in [7, 11) is 1.17. The van der Waals surface area contributed by atoms with Crippen LogP contribution in [0.1, 0.15) is 22.3 Å². The van der Waals surface area contributed by atoms with Crippen molar-refractivity contribution in [2.75, 3.05) is 7.11 Å². The molecule has 116 valence electrons. The van der Waals surface area contributed by atoms with E-state index in [-0.39, 0.29) is 12.0 Å². The van der Waals surface area contributed by atoms with E-state index in [0.717, 1.165) is 0 Å². The molecular weight excluding hydrogens is 299 g/mol. The summed E-state index contributed by atoms with van der Waals surface area (Å²) in [6.45, 7) is 0. The molecule has 0 aliphatic carbocycles. The van der Waals surface area contributed by atoms with E-state index in [1.54, 1.807) is 0 Å². The number of rotatable bonds is 5. The molecule has 1 rings (SSSR count). The largest absolute Gasteiger partial charge is 0.465 e. The first-order valence-electron chi connectivity index (χ1n) is 5.74. The fourth-order valence-corrected chi connectivity index (χ4v) is 1.50. The topological polar surface area (TPSA) is 43.4 Å². The van der Waals surface area contributed by atoms with Crippen molar-refractivity contribution in [1.29, 1.82) is 0 Å². The number of ether oxygens (including phenoxy) is 1. The quantitative estimate of drug-likeness (QED) is 0.620. The van der Waals surface area contributed by atoms with Crippen LogP contribution in [0.3, 0.4) is 0 Å². The molecule has 0 aliphatic rings. The van der Waals surface area contributed by atoms with Crippen LogP contribution >= 0.6 is 0 Å². The molecule has 0 heterocycles. The third-order valence-corrected chi connectivity index (χ3v) is 2.72. The van der Waals surface area contributed by atoms with Gasteiger partial charge in [0.2, 0.25) is 5.78 Å². The van der Waals surface area contributed by atoms with Gasteiger partial charge in [0.15, 0.2) is 0 Å². The van der Waals surface area contributed by atoms with Gasteiger partial charge in [0.25, 0.3) is 0 Å². The summed E-state index contributed by atoms with van der Waals surface area (Å²) in [5.41, 5.74) is 0.558. The molecule has 3 nitrogen and oxygen atoms in total. The zero-order valence-corrected chi connectivity index (χ0v) is 10.8. The maximum Gasteiger partial charge on any atom is 0.461 e. The minimum Gasteiger partial charge on any atom is -0.465 e. The molecule has 0 aromatic heterocycles. The summed E-state index contributed by atoms with van der Waals surface area (Å²) in [5, 5.41) is 0. The van der Waals surface area contributed by atoms with Crippen molar-refractivity contribution >= 4 is 11.8 Å². The smallest absolute Gasteiger partial charge is 0.461 e.